The Kier molecular flexibility index (Phi) is 5.31. The van der Waals surface area contributed by atoms with Gasteiger partial charge in [-0.15, -0.1) is 0 Å². The van der Waals surface area contributed by atoms with Crippen LogP contribution in [0, 0.1) is 5.82 Å². The highest BCUT2D eigenvalue weighted by Gasteiger charge is 2.29. The van der Waals surface area contributed by atoms with Gasteiger partial charge < -0.3 is 18.8 Å². The fourth-order valence-corrected chi connectivity index (χ4v) is 4.49. The molecule has 1 saturated heterocycles. The van der Waals surface area contributed by atoms with Gasteiger partial charge in [0.15, 0.2) is 5.58 Å². The molecule has 0 aliphatic carbocycles. The summed E-state index contributed by atoms with van der Waals surface area (Å²) >= 11 is 0. The lowest BCUT2D eigenvalue weighted by Gasteiger charge is -2.25. The number of benzene rings is 2. The Morgan fingerprint density at radius 3 is 2.56 bits per heavy atom. The fourth-order valence-electron chi connectivity index (χ4n) is 4.49. The van der Waals surface area contributed by atoms with E-state index in [1.807, 2.05) is 46.8 Å². The number of likely N-dealkylation sites (tertiary alicyclic amines) is 1. The highest BCUT2D eigenvalue weighted by molar-refractivity contribution is 5.98. The van der Waals surface area contributed by atoms with Crippen molar-refractivity contribution in [3.05, 3.63) is 83.8 Å². The molecule has 0 radical (unpaired) electrons. The Balaban J connectivity index is 1.55. The second kappa shape index (κ2) is 8.28. The highest BCUT2D eigenvalue weighted by Crippen LogP contribution is 2.32. The van der Waals surface area contributed by atoms with E-state index in [9.17, 15) is 9.18 Å². The SMILES string of the molecule is CN1CC[C@H](N(C)C(=O)c2cc3oc(-c4ccc(F)cc4)cc3n2Cc2ccccc2)C1. The summed E-state index contributed by atoms with van der Waals surface area (Å²) in [7, 11) is 3.97. The van der Waals surface area contributed by atoms with Crippen LogP contribution in [0.25, 0.3) is 22.4 Å². The summed E-state index contributed by atoms with van der Waals surface area (Å²) in [4.78, 5) is 17.6. The van der Waals surface area contributed by atoms with Crippen LogP contribution in [0.5, 0.6) is 0 Å². The molecular weight excluding hydrogens is 405 g/mol. The summed E-state index contributed by atoms with van der Waals surface area (Å²) in [5.41, 5.74) is 4.03. The third kappa shape index (κ3) is 3.82. The largest absolute Gasteiger partial charge is 0.454 e. The molecule has 0 N–H and O–H groups in total. The Morgan fingerprint density at radius 1 is 1.12 bits per heavy atom. The minimum absolute atomic E-state index is 0.00374. The summed E-state index contributed by atoms with van der Waals surface area (Å²) < 4.78 is 21.5. The Morgan fingerprint density at radius 2 is 1.88 bits per heavy atom. The van der Waals surface area contributed by atoms with Crippen LogP contribution >= 0.6 is 0 Å². The molecule has 4 aromatic rings. The lowest BCUT2D eigenvalue weighted by atomic mass is 10.2. The van der Waals surface area contributed by atoms with E-state index in [1.165, 1.54) is 12.1 Å². The van der Waals surface area contributed by atoms with Gasteiger partial charge in [-0.3, -0.25) is 4.79 Å². The molecule has 5 nitrogen and oxygen atoms in total. The van der Waals surface area contributed by atoms with E-state index in [1.54, 1.807) is 12.1 Å². The van der Waals surface area contributed by atoms with Gasteiger partial charge in [0.05, 0.1) is 5.52 Å². The molecular formula is C26H26FN3O2. The summed E-state index contributed by atoms with van der Waals surface area (Å²) in [5, 5.41) is 0. The van der Waals surface area contributed by atoms with E-state index >= 15 is 0 Å². The van der Waals surface area contributed by atoms with Crippen molar-refractivity contribution in [3.63, 3.8) is 0 Å². The normalized spacial score (nSPS) is 16.7. The maximum atomic E-state index is 13.5. The van der Waals surface area contributed by atoms with Crippen LogP contribution in [-0.4, -0.2) is 53.5 Å². The fraction of sp³-hybridized carbons (Fsp3) is 0.269. The van der Waals surface area contributed by atoms with Gasteiger partial charge in [-0.2, -0.15) is 0 Å². The van der Waals surface area contributed by atoms with Gasteiger partial charge in [0.2, 0.25) is 0 Å². The number of hydrogen-bond donors (Lipinski definition) is 0. The zero-order valence-electron chi connectivity index (χ0n) is 18.3. The van der Waals surface area contributed by atoms with Crippen LogP contribution in [0.4, 0.5) is 4.39 Å². The molecule has 3 heterocycles. The number of halogens is 1. The number of amides is 1. The molecule has 0 spiro atoms. The summed E-state index contributed by atoms with van der Waals surface area (Å²) in [6.45, 7) is 2.44. The van der Waals surface area contributed by atoms with Crippen LogP contribution in [0.2, 0.25) is 0 Å². The molecule has 0 saturated carbocycles. The Bertz CT molecular complexity index is 1240. The standard InChI is InChI=1S/C26H26FN3O2/c1-28-13-12-21(17-28)29(2)26(31)23-15-25-22(30(23)16-18-6-4-3-5-7-18)14-24(32-25)19-8-10-20(27)11-9-19/h3-11,14-15,21H,12-13,16-17H2,1-2H3/t21-/m0/s1. The average Bonchev–Trinajstić information content (AvgIpc) is 3.50. The second-order valence-corrected chi connectivity index (χ2v) is 8.59. The molecule has 2 aromatic carbocycles. The van der Waals surface area contributed by atoms with Crippen LogP contribution in [0.3, 0.4) is 0 Å². The number of aromatic nitrogens is 1. The summed E-state index contributed by atoms with van der Waals surface area (Å²) in [6.07, 6.45) is 0.975. The van der Waals surface area contributed by atoms with Crippen molar-refractivity contribution in [2.24, 2.45) is 0 Å². The number of fused-ring (bicyclic) bond motifs is 1. The van der Waals surface area contributed by atoms with Gasteiger partial charge in [0.1, 0.15) is 17.3 Å². The molecule has 2 aromatic heterocycles. The van der Waals surface area contributed by atoms with Crippen LogP contribution in [0.15, 0.2) is 71.1 Å². The minimum atomic E-state index is -0.285. The second-order valence-electron chi connectivity index (χ2n) is 8.59. The van der Waals surface area contributed by atoms with E-state index < -0.39 is 0 Å². The lowest BCUT2D eigenvalue weighted by Crippen LogP contribution is -2.39. The zero-order chi connectivity index (χ0) is 22.2. The van der Waals surface area contributed by atoms with Gasteiger partial charge in [-0.25, -0.2) is 4.39 Å². The van der Waals surface area contributed by atoms with Gasteiger partial charge in [0, 0.05) is 43.9 Å². The highest BCUT2D eigenvalue weighted by atomic mass is 19.1. The van der Waals surface area contributed by atoms with Crippen molar-refractivity contribution in [3.8, 4) is 11.3 Å². The van der Waals surface area contributed by atoms with E-state index in [0.717, 1.165) is 36.2 Å². The first-order valence-electron chi connectivity index (χ1n) is 10.9. The summed E-state index contributed by atoms with van der Waals surface area (Å²) in [6, 6.07) is 20.3. The molecule has 1 amide bonds. The quantitative estimate of drug-likeness (QED) is 0.453. The smallest absolute Gasteiger partial charge is 0.270 e. The van der Waals surface area contributed by atoms with Crippen molar-refractivity contribution in [2.75, 3.05) is 27.2 Å². The topological polar surface area (TPSA) is 41.6 Å². The number of carbonyl (C=O) groups excluding carboxylic acids is 1. The van der Waals surface area contributed by atoms with E-state index in [2.05, 4.69) is 24.1 Å². The number of furan rings is 1. The lowest BCUT2D eigenvalue weighted by molar-refractivity contribution is 0.0727. The molecule has 1 aliphatic rings. The van der Waals surface area contributed by atoms with Crippen LogP contribution < -0.4 is 0 Å². The van der Waals surface area contributed by atoms with Crippen LogP contribution in [-0.2, 0) is 6.54 Å². The Hall–Kier alpha value is -3.38. The monoisotopic (exact) mass is 431 g/mol. The molecule has 32 heavy (non-hydrogen) atoms. The maximum Gasteiger partial charge on any atom is 0.270 e. The average molecular weight is 432 g/mol. The number of carbonyl (C=O) groups is 1. The molecule has 0 bridgehead atoms. The van der Waals surface area contributed by atoms with Crippen molar-refractivity contribution in [2.45, 2.75) is 19.0 Å². The summed E-state index contributed by atoms with van der Waals surface area (Å²) in [5.74, 6) is 0.365. The molecule has 5 rings (SSSR count). The molecule has 0 unspecified atom stereocenters. The van der Waals surface area contributed by atoms with E-state index in [0.29, 0.717) is 23.6 Å². The predicted octanol–water partition coefficient (Wildman–Crippen LogP) is 4.86. The molecule has 1 aliphatic heterocycles. The maximum absolute atomic E-state index is 13.5. The number of nitrogens with zero attached hydrogens (tertiary/aromatic N) is 3. The van der Waals surface area contributed by atoms with Gasteiger partial charge in [-0.05, 0) is 49.8 Å². The van der Waals surface area contributed by atoms with Gasteiger partial charge >= 0.3 is 0 Å². The third-order valence-corrected chi connectivity index (χ3v) is 6.36. The zero-order valence-corrected chi connectivity index (χ0v) is 18.3. The first kappa shape index (κ1) is 20.5. The number of likely N-dealkylation sites (N-methyl/N-ethyl adjacent to an activating group) is 2. The molecule has 6 heteroatoms. The van der Waals surface area contributed by atoms with Gasteiger partial charge in [0.25, 0.3) is 5.91 Å². The van der Waals surface area contributed by atoms with E-state index in [-0.39, 0.29) is 17.8 Å². The van der Waals surface area contributed by atoms with Crippen molar-refractivity contribution < 1.29 is 13.6 Å². The minimum Gasteiger partial charge on any atom is -0.454 e. The van der Waals surface area contributed by atoms with Crippen molar-refractivity contribution >= 4 is 17.0 Å². The molecule has 1 atom stereocenters. The third-order valence-electron chi connectivity index (χ3n) is 6.36. The molecule has 164 valence electrons. The number of rotatable bonds is 5. The first-order chi connectivity index (χ1) is 15.5. The van der Waals surface area contributed by atoms with Crippen molar-refractivity contribution in [1.82, 2.24) is 14.4 Å². The van der Waals surface area contributed by atoms with E-state index in [4.69, 9.17) is 4.42 Å². The number of hydrogen-bond acceptors (Lipinski definition) is 3. The van der Waals surface area contributed by atoms with Gasteiger partial charge in [-0.1, -0.05) is 30.3 Å². The first-order valence-corrected chi connectivity index (χ1v) is 10.9. The van der Waals surface area contributed by atoms with Crippen LogP contribution in [0.1, 0.15) is 22.5 Å². The predicted molar refractivity (Wildman–Crippen MR) is 123 cm³/mol. The Labute approximate surface area is 186 Å². The molecule has 1 fully saturated rings. The van der Waals surface area contributed by atoms with Crippen molar-refractivity contribution in [1.29, 1.82) is 0 Å².